The van der Waals surface area contributed by atoms with Gasteiger partial charge in [0, 0.05) is 17.0 Å². The third-order valence-electron chi connectivity index (χ3n) is 5.04. The minimum atomic E-state index is 0.684. The van der Waals surface area contributed by atoms with E-state index in [2.05, 4.69) is 64.1 Å². The third-order valence-corrected chi connectivity index (χ3v) is 7.40. The molecule has 134 valence electrons. The maximum absolute atomic E-state index is 6.07. The molecule has 3 aliphatic rings. The topological polar surface area (TPSA) is 25.6 Å². The van der Waals surface area contributed by atoms with Crippen LogP contribution in [0.1, 0.15) is 5.01 Å². The highest BCUT2D eigenvalue weighted by Gasteiger charge is 2.33. The van der Waals surface area contributed by atoms with Gasteiger partial charge in [-0.3, -0.25) is 0 Å². The lowest BCUT2D eigenvalue weighted by Gasteiger charge is -2.27. The van der Waals surface area contributed by atoms with Crippen molar-refractivity contribution in [1.29, 1.82) is 0 Å². The Bertz CT molecular complexity index is 1130. The van der Waals surface area contributed by atoms with Gasteiger partial charge in [-0.25, -0.2) is 0 Å². The highest BCUT2D eigenvalue weighted by Crippen LogP contribution is 2.48. The number of para-hydroxylation sites is 2. The van der Waals surface area contributed by atoms with E-state index in [1.165, 1.54) is 20.8 Å². The van der Waals surface area contributed by atoms with Gasteiger partial charge in [-0.15, -0.1) is 0 Å². The number of thioether (sulfide) groups is 1. The highest BCUT2D eigenvalue weighted by atomic mass is 32.2. The van der Waals surface area contributed by atoms with Gasteiger partial charge in [0.2, 0.25) is 11.3 Å². The summed E-state index contributed by atoms with van der Waals surface area (Å²) in [4.78, 5) is 3.65. The number of rotatable bonds is 1. The molecule has 0 atom stereocenters. The Kier molecular flexibility index (Phi) is 3.49. The number of aromatic nitrogens is 1. The van der Waals surface area contributed by atoms with Gasteiger partial charge in [0.1, 0.15) is 22.9 Å². The van der Waals surface area contributed by atoms with Crippen LogP contribution in [0.15, 0.2) is 70.3 Å². The van der Waals surface area contributed by atoms with Gasteiger partial charge in [0.05, 0.1) is 12.2 Å². The molecule has 0 unspecified atom stereocenters. The molecule has 0 amide bonds. The second kappa shape index (κ2) is 6.04. The van der Waals surface area contributed by atoms with Crippen LogP contribution in [0, 0.1) is 0 Å². The quantitative estimate of drug-likeness (QED) is 0.574. The fourth-order valence-electron chi connectivity index (χ4n) is 3.82. The molecule has 0 radical (unpaired) electrons. The van der Waals surface area contributed by atoms with Crippen LogP contribution in [0.3, 0.4) is 0 Å². The molecular formula is C21H17N2O2S2+. The molecule has 27 heavy (non-hydrogen) atoms. The zero-order valence-electron chi connectivity index (χ0n) is 14.6. The SMILES string of the molecule is C(=C1OCC[n+]2c1sc1ccccc12)C1=C2Sc3ccccc3N2CCO1. The molecule has 3 aliphatic heterocycles. The van der Waals surface area contributed by atoms with Crippen LogP contribution in [0.4, 0.5) is 5.69 Å². The van der Waals surface area contributed by atoms with Gasteiger partial charge in [-0.2, -0.15) is 4.57 Å². The predicted molar refractivity (Wildman–Crippen MR) is 109 cm³/mol. The van der Waals surface area contributed by atoms with Crippen LogP contribution in [-0.2, 0) is 16.0 Å². The Hall–Kier alpha value is -2.44. The van der Waals surface area contributed by atoms with E-state index >= 15 is 0 Å². The van der Waals surface area contributed by atoms with Crippen LogP contribution in [-0.4, -0.2) is 19.8 Å². The molecule has 0 saturated carbocycles. The first-order valence-corrected chi connectivity index (χ1v) is 10.7. The van der Waals surface area contributed by atoms with E-state index in [0.29, 0.717) is 13.2 Å². The Labute approximate surface area is 165 Å². The summed E-state index contributed by atoms with van der Waals surface area (Å²) in [6.45, 7) is 3.14. The number of fused-ring (bicyclic) bond motifs is 6. The van der Waals surface area contributed by atoms with Crippen molar-refractivity contribution in [2.24, 2.45) is 0 Å². The van der Waals surface area contributed by atoms with E-state index in [9.17, 15) is 0 Å². The Morgan fingerprint density at radius 1 is 1.00 bits per heavy atom. The van der Waals surface area contributed by atoms with Gasteiger partial charge in [0.15, 0.2) is 12.3 Å². The summed E-state index contributed by atoms with van der Waals surface area (Å²) in [7, 11) is 0. The van der Waals surface area contributed by atoms with E-state index in [1.807, 2.05) is 0 Å². The number of anilines is 1. The lowest BCUT2D eigenvalue weighted by atomic mass is 10.2. The molecule has 0 bridgehead atoms. The van der Waals surface area contributed by atoms with Gasteiger partial charge < -0.3 is 14.4 Å². The molecule has 4 heterocycles. The molecule has 0 N–H and O–H groups in total. The van der Waals surface area contributed by atoms with E-state index in [4.69, 9.17) is 9.47 Å². The molecule has 2 aromatic carbocycles. The fourth-order valence-corrected chi connectivity index (χ4v) is 6.14. The normalized spacial score (nSPS) is 19.6. The summed E-state index contributed by atoms with van der Waals surface area (Å²) in [6.07, 6.45) is 2.08. The van der Waals surface area contributed by atoms with Crippen molar-refractivity contribution >= 4 is 44.8 Å². The summed E-state index contributed by atoms with van der Waals surface area (Å²) in [6, 6.07) is 17.1. The molecule has 0 fully saturated rings. The lowest BCUT2D eigenvalue weighted by Crippen LogP contribution is -2.41. The number of ether oxygens (including phenoxy) is 2. The minimum Gasteiger partial charge on any atom is -0.489 e. The van der Waals surface area contributed by atoms with Crippen molar-refractivity contribution < 1.29 is 14.0 Å². The lowest BCUT2D eigenvalue weighted by molar-refractivity contribution is -0.677. The fraction of sp³-hybridized carbons (Fsp3) is 0.190. The third kappa shape index (κ3) is 2.40. The monoisotopic (exact) mass is 393 g/mol. The number of thiazole rings is 1. The van der Waals surface area contributed by atoms with Crippen molar-refractivity contribution in [2.45, 2.75) is 11.4 Å². The highest BCUT2D eigenvalue weighted by molar-refractivity contribution is 8.03. The second-order valence-corrected chi connectivity index (χ2v) is 8.68. The van der Waals surface area contributed by atoms with Crippen molar-refractivity contribution in [3.8, 4) is 0 Å². The first kappa shape index (κ1) is 15.6. The predicted octanol–water partition coefficient (Wildman–Crippen LogP) is 4.37. The van der Waals surface area contributed by atoms with E-state index in [1.54, 1.807) is 23.1 Å². The molecule has 4 nitrogen and oxygen atoms in total. The summed E-state index contributed by atoms with van der Waals surface area (Å²) >= 11 is 3.56. The molecule has 0 aliphatic carbocycles. The Morgan fingerprint density at radius 3 is 2.89 bits per heavy atom. The van der Waals surface area contributed by atoms with Gasteiger partial charge in [-0.1, -0.05) is 47.4 Å². The van der Waals surface area contributed by atoms with E-state index in [-0.39, 0.29) is 0 Å². The number of hydrogen-bond donors (Lipinski definition) is 0. The van der Waals surface area contributed by atoms with Crippen LogP contribution in [0.2, 0.25) is 0 Å². The van der Waals surface area contributed by atoms with Crippen molar-refractivity contribution in [2.75, 3.05) is 24.7 Å². The zero-order chi connectivity index (χ0) is 17.8. The van der Waals surface area contributed by atoms with Gasteiger partial charge >= 0.3 is 5.01 Å². The minimum absolute atomic E-state index is 0.684. The number of allylic oxidation sites excluding steroid dienone is 1. The molecule has 0 saturated heterocycles. The number of nitrogens with zero attached hydrogens (tertiary/aromatic N) is 2. The molecule has 3 aromatic rings. The van der Waals surface area contributed by atoms with Crippen LogP contribution < -0.4 is 9.47 Å². The summed E-state index contributed by atoms with van der Waals surface area (Å²) < 4.78 is 15.8. The maximum Gasteiger partial charge on any atom is 0.305 e. The first-order chi connectivity index (χ1) is 13.4. The average molecular weight is 394 g/mol. The zero-order valence-corrected chi connectivity index (χ0v) is 16.2. The first-order valence-electron chi connectivity index (χ1n) is 9.06. The largest absolute Gasteiger partial charge is 0.489 e. The smallest absolute Gasteiger partial charge is 0.305 e. The maximum atomic E-state index is 6.07. The molecule has 6 rings (SSSR count). The number of hydrogen-bond acceptors (Lipinski definition) is 5. The molecule has 0 spiro atoms. The van der Waals surface area contributed by atoms with E-state index in [0.717, 1.165) is 34.6 Å². The Balaban J connectivity index is 1.47. The van der Waals surface area contributed by atoms with Crippen LogP contribution in [0.5, 0.6) is 0 Å². The van der Waals surface area contributed by atoms with Gasteiger partial charge in [-0.05, 0) is 18.2 Å². The Morgan fingerprint density at radius 2 is 1.89 bits per heavy atom. The van der Waals surface area contributed by atoms with Crippen molar-refractivity contribution in [1.82, 2.24) is 0 Å². The summed E-state index contributed by atoms with van der Waals surface area (Å²) in [5, 5.41) is 2.33. The second-order valence-electron chi connectivity index (χ2n) is 6.62. The van der Waals surface area contributed by atoms with Crippen molar-refractivity contribution in [3.05, 3.63) is 70.4 Å². The molecular weight excluding hydrogens is 376 g/mol. The van der Waals surface area contributed by atoms with Gasteiger partial charge in [0.25, 0.3) is 0 Å². The summed E-state index contributed by atoms with van der Waals surface area (Å²) in [5.41, 5.74) is 2.55. The van der Waals surface area contributed by atoms with E-state index < -0.39 is 0 Å². The molecule has 6 heteroatoms. The molecule has 1 aromatic heterocycles. The standard InChI is InChI=1S/C21H17N2O2S2/c1-3-7-18-14(5-1)22-9-11-24-16(20(22)26-18)13-17-21-23(10-12-25-17)15-6-2-4-8-19(15)27-21/h1-8,13H,9-12H2/q+1. The summed E-state index contributed by atoms with van der Waals surface area (Å²) in [5.74, 6) is 1.81. The van der Waals surface area contributed by atoms with Crippen molar-refractivity contribution in [3.63, 3.8) is 0 Å². The number of benzene rings is 2. The van der Waals surface area contributed by atoms with Crippen LogP contribution in [0.25, 0.3) is 16.0 Å². The average Bonchev–Trinajstić information content (AvgIpc) is 3.28. The van der Waals surface area contributed by atoms with Crippen LogP contribution >= 0.6 is 23.1 Å².